The second kappa shape index (κ2) is 7.49. The SMILES string of the molecule is CCOC(=O)/C=C/c1ccc(-c2cccc(C(F)(F)F)c2)nc1Cl. The molecular formula is C17H13ClF3NO2. The molecule has 0 unspecified atom stereocenters. The minimum Gasteiger partial charge on any atom is -0.463 e. The molecule has 7 heteroatoms. The smallest absolute Gasteiger partial charge is 0.416 e. The van der Waals surface area contributed by atoms with Crippen molar-refractivity contribution in [2.45, 2.75) is 13.1 Å². The number of hydrogen-bond acceptors (Lipinski definition) is 3. The van der Waals surface area contributed by atoms with Gasteiger partial charge in [0.1, 0.15) is 5.15 Å². The van der Waals surface area contributed by atoms with Gasteiger partial charge in [-0.05, 0) is 37.3 Å². The molecule has 0 N–H and O–H groups in total. The first kappa shape index (κ1) is 18.0. The van der Waals surface area contributed by atoms with Crippen LogP contribution in [0.5, 0.6) is 0 Å². The summed E-state index contributed by atoms with van der Waals surface area (Å²) in [5.74, 6) is -0.518. The number of aromatic nitrogens is 1. The molecule has 1 aromatic heterocycles. The van der Waals surface area contributed by atoms with Crippen LogP contribution in [0.1, 0.15) is 18.1 Å². The molecule has 0 bridgehead atoms. The number of pyridine rings is 1. The fraction of sp³-hybridized carbons (Fsp3) is 0.176. The van der Waals surface area contributed by atoms with Gasteiger partial charge in [-0.1, -0.05) is 23.7 Å². The Bertz CT molecular complexity index is 773. The predicted octanol–water partition coefficient (Wildman–Crippen LogP) is 5.00. The molecule has 0 amide bonds. The van der Waals surface area contributed by atoms with E-state index >= 15 is 0 Å². The van der Waals surface area contributed by atoms with E-state index in [1.165, 1.54) is 30.4 Å². The van der Waals surface area contributed by atoms with Crippen molar-refractivity contribution in [2.75, 3.05) is 6.61 Å². The molecule has 0 saturated carbocycles. The second-order valence-electron chi connectivity index (χ2n) is 4.74. The highest BCUT2D eigenvalue weighted by Gasteiger charge is 2.30. The number of alkyl halides is 3. The van der Waals surface area contributed by atoms with Crippen LogP contribution >= 0.6 is 11.6 Å². The van der Waals surface area contributed by atoms with Crippen LogP contribution in [0.3, 0.4) is 0 Å². The Morgan fingerprint density at radius 1 is 1.29 bits per heavy atom. The van der Waals surface area contributed by atoms with E-state index in [1.54, 1.807) is 13.0 Å². The van der Waals surface area contributed by atoms with Crippen molar-refractivity contribution in [3.05, 3.63) is 58.8 Å². The van der Waals surface area contributed by atoms with Crippen molar-refractivity contribution in [1.29, 1.82) is 0 Å². The van der Waals surface area contributed by atoms with Crippen molar-refractivity contribution in [3.63, 3.8) is 0 Å². The Kier molecular flexibility index (Phi) is 5.62. The summed E-state index contributed by atoms with van der Waals surface area (Å²) >= 11 is 6.03. The third-order valence-corrected chi connectivity index (χ3v) is 3.35. The summed E-state index contributed by atoms with van der Waals surface area (Å²) in [6.45, 7) is 1.94. The first-order valence-corrected chi connectivity index (χ1v) is 7.38. The lowest BCUT2D eigenvalue weighted by Crippen LogP contribution is -2.04. The standard InChI is InChI=1S/C17H13ClF3NO2/c1-2-24-15(23)9-7-11-6-8-14(22-16(11)18)12-4-3-5-13(10-12)17(19,20)21/h3-10H,2H2,1H3/b9-7+. The van der Waals surface area contributed by atoms with E-state index in [2.05, 4.69) is 4.98 Å². The Morgan fingerprint density at radius 3 is 2.67 bits per heavy atom. The van der Waals surface area contributed by atoms with Crippen LogP contribution < -0.4 is 0 Å². The summed E-state index contributed by atoms with van der Waals surface area (Å²) in [5, 5.41) is 0.0745. The number of hydrogen-bond donors (Lipinski definition) is 0. The predicted molar refractivity (Wildman–Crippen MR) is 85.4 cm³/mol. The van der Waals surface area contributed by atoms with Crippen molar-refractivity contribution in [3.8, 4) is 11.3 Å². The number of rotatable bonds is 4. The van der Waals surface area contributed by atoms with E-state index in [0.29, 0.717) is 16.8 Å². The van der Waals surface area contributed by atoms with Gasteiger partial charge in [-0.2, -0.15) is 13.2 Å². The summed E-state index contributed by atoms with van der Waals surface area (Å²) in [6, 6.07) is 7.92. The van der Waals surface area contributed by atoms with Crippen LogP contribution in [0.25, 0.3) is 17.3 Å². The monoisotopic (exact) mass is 355 g/mol. The number of halogens is 4. The Balaban J connectivity index is 2.28. The van der Waals surface area contributed by atoms with Crippen LogP contribution in [0.15, 0.2) is 42.5 Å². The summed E-state index contributed by atoms with van der Waals surface area (Å²) in [7, 11) is 0. The van der Waals surface area contributed by atoms with Crippen LogP contribution in [0, 0.1) is 0 Å². The molecule has 0 fully saturated rings. The van der Waals surface area contributed by atoms with Crippen LogP contribution in [-0.4, -0.2) is 17.6 Å². The topological polar surface area (TPSA) is 39.2 Å². The van der Waals surface area contributed by atoms with Gasteiger partial charge >= 0.3 is 12.1 Å². The Labute approximate surface area is 141 Å². The second-order valence-corrected chi connectivity index (χ2v) is 5.10. The first-order valence-electron chi connectivity index (χ1n) is 7.00. The largest absolute Gasteiger partial charge is 0.463 e. The van der Waals surface area contributed by atoms with Crippen LogP contribution in [-0.2, 0) is 15.7 Å². The molecule has 1 aromatic carbocycles. The molecule has 0 aliphatic heterocycles. The van der Waals surface area contributed by atoms with E-state index < -0.39 is 17.7 Å². The fourth-order valence-electron chi connectivity index (χ4n) is 1.93. The summed E-state index contributed by atoms with van der Waals surface area (Å²) in [6.07, 6.45) is -1.79. The molecule has 0 aliphatic carbocycles. The molecule has 3 nitrogen and oxygen atoms in total. The van der Waals surface area contributed by atoms with Gasteiger partial charge in [0.15, 0.2) is 0 Å². The molecule has 1 heterocycles. The van der Waals surface area contributed by atoms with E-state index in [4.69, 9.17) is 16.3 Å². The van der Waals surface area contributed by atoms with Gasteiger partial charge in [-0.15, -0.1) is 0 Å². The molecule has 2 aromatic rings. The van der Waals surface area contributed by atoms with Crippen molar-refractivity contribution in [2.24, 2.45) is 0 Å². The summed E-state index contributed by atoms with van der Waals surface area (Å²) < 4.78 is 43.0. The van der Waals surface area contributed by atoms with E-state index in [-0.39, 0.29) is 11.8 Å². The number of benzene rings is 1. The summed E-state index contributed by atoms with van der Waals surface area (Å²) in [5.41, 5.74) is 0.302. The molecule has 0 radical (unpaired) electrons. The highest BCUT2D eigenvalue weighted by molar-refractivity contribution is 6.31. The third-order valence-electron chi connectivity index (χ3n) is 3.05. The summed E-state index contributed by atoms with van der Waals surface area (Å²) in [4.78, 5) is 15.4. The number of carbonyl (C=O) groups is 1. The Hall–Kier alpha value is -2.34. The lowest BCUT2D eigenvalue weighted by molar-refractivity contribution is -0.138. The van der Waals surface area contributed by atoms with Crippen molar-refractivity contribution < 1.29 is 22.7 Å². The van der Waals surface area contributed by atoms with E-state index in [0.717, 1.165) is 12.1 Å². The molecule has 0 spiro atoms. The van der Waals surface area contributed by atoms with Gasteiger partial charge in [0, 0.05) is 17.2 Å². The zero-order chi connectivity index (χ0) is 17.7. The minimum absolute atomic E-state index is 0.0745. The van der Waals surface area contributed by atoms with Crippen molar-refractivity contribution >= 4 is 23.6 Å². The van der Waals surface area contributed by atoms with E-state index in [1.807, 2.05) is 0 Å². The maximum atomic E-state index is 12.8. The lowest BCUT2D eigenvalue weighted by atomic mass is 10.1. The zero-order valence-electron chi connectivity index (χ0n) is 12.6. The highest BCUT2D eigenvalue weighted by atomic mass is 35.5. The lowest BCUT2D eigenvalue weighted by Gasteiger charge is -2.09. The van der Waals surface area contributed by atoms with Gasteiger partial charge in [0.05, 0.1) is 17.9 Å². The van der Waals surface area contributed by atoms with Gasteiger partial charge in [-0.3, -0.25) is 0 Å². The molecule has 2 rings (SSSR count). The van der Waals surface area contributed by atoms with Gasteiger partial charge < -0.3 is 4.74 Å². The Morgan fingerprint density at radius 2 is 2.04 bits per heavy atom. The van der Waals surface area contributed by atoms with Gasteiger partial charge in [0.25, 0.3) is 0 Å². The minimum atomic E-state index is -4.43. The molecule has 126 valence electrons. The van der Waals surface area contributed by atoms with Crippen LogP contribution in [0.4, 0.5) is 13.2 Å². The molecule has 0 atom stereocenters. The van der Waals surface area contributed by atoms with Gasteiger partial charge in [-0.25, -0.2) is 9.78 Å². The average Bonchev–Trinajstić information content (AvgIpc) is 2.53. The average molecular weight is 356 g/mol. The third kappa shape index (κ3) is 4.58. The number of ether oxygens (including phenoxy) is 1. The fourth-order valence-corrected chi connectivity index (χ4v) is 2.15. The van der Waals surface area contributed by atoms with Crippen LogP contribution in [0.2, 0.25) is 5.15 Å². The molecular weight excluding hydrogens is 343 g/mol. The van der Waals surface area contributed by atoms with E-state index in [9.17, 15) is 18.0 Å². The normalized spacial score (nSPS) is 11.7. The maximum Gasteiger partial charge on any atom is 0.416 e. The molecule has 0 saturated heterocycles. The molecule has 24 heavy (non-hydrogen) atoms. The van der Waals surface area contributed by atoms with Gasteiger partial charge in [0.2, 0.25) is 0 Å². The molecule has 0 aliphatic rings. The number of nitrogens with zero attached hydrogens (tertiary/aromatic N) is 1. The highest BCUT2D eigenvalue weighted by Crippen LogP contribution is 2.32. The maximum absolute atomic E-state index is 12.8. The zero-order valence-corrected chi connectivity index (χ0v) is 13.4. The van der Waals surface area contributed by atoms with Crippen molar-refractivity contribution in [1.82, 2.24) is 4.98 Å². The number of carbonyl (C=O) groups excluding carboxylic acids is 1. The number of esters is 1. The quantitative estimate of drug-likeness (QED) is 0.440. The first-order chi connectivity index (χ1) is 11.3.